The molecule has 110 valence electrons. The quantitative estimate of drug-likeness (QED) is 0.627. The summed E-state index contributed by atoms with van der Waals surface area (Å²) in [6.07, 6.45) is 0.499. The second-order valence-electron chi connectivity index (χ2n) is 4.34. The molecule has 6 heteroatoms. The van der Waals surface area contributed by atoms with Gasteiger partial charge in [-0.1, -0.05) is 23.8 Å². The third-order valence-corrected chi connectivity index (χ3v) is 4.12. The van der Waals surface area contributed by atoms with Crippen LogP contribution in [0.2, 0.25) is 0 Å². The Morgan fingerprint density at radius 1 is 1.00 bits per heavy atom. The number of benzene rings is 2. The lowest BCUT2D eigenvalue weighted by molar-refractivity contribution is 0.111. The maximum absolute atomic E-state index is 12.2. The van der Waals surface area contributed by atoms with Crippen LogP contribution in [-0.4, -0.2) is 21.8 Å². The fourth-order valence-corrected chi connectivity index (χ4v) is 2.71. The maximum atomic E-state index is 12.2. The van der Waals surface area contributed by atoms with Crippen LogP contribution in [0.5, 0.6) is 11.5 Å². The van der Waals surface area contributed by atoms with Crippen LogP contribution in [0, 0.1) is 6.92 Å². The molecule has 0 saturated carbocycles. The van der Waals surface area contributed by atoms with Crippen molar-refractivity contribution in [3.05, 3.63) is 53.6 Å². The lowest BCUT2D eigenvalue weighted by Gasteiger charge is -2.11. The van der Waals surface area contributed by atoms with E-state index in [1.807, 2.05) is 6.92 Å². The van der Waals surface area contributed by atoms with Crippen molar-refractivity contribution in [2.24, 2.45) is 0 Å². The molecular formula is C15H14O5S. The Morgan fingerprint density at radius 2 is 1.62 bits per heavy atom. The van der Waals surface area contributed by atoms with Crippen LogP contribution < -0.4 is 8.92 Å². The fraction of sp³-hybridized carbons (Fsp3) is 0.133. The summed E-state index contributed by atoms with van der Waals surface area (Å²) in [7, 11) is -2.61. The molecule has 0 unspecified atom stereocenters. The molecule has 2 aromatic rings. The van der Waals surface area contributed by atoms with Crippen molar-refractivity contribution in [3.8, 4) is 11.5 Å². The van der Waals surface area contributed by atoms with E-state index in [2.05, 4.69) is 0 Å². The Kier molecular flexibility index (Phi) is 4.28. The molecule has 0 fully saturated rings. The van der Waals surface area contributed by atoms with Gasteiger partial charge in [0, 0.05) is 0 Å². The predicted molar refractivity (Wildman–Crippen MR) is 77.4 cm³/mol. The topological polar surface area (TPSA) is 69.7 Å². The highest BCUT2D eigenvalue weighted by Crippen LogP contribution is 2.29. The number of hydrogen-bond donors (Lipinski definition) is 0. The van der Waals surface area contributed by atoms with Crippen molar-refractivity contribution in [2.75, 3.05) is 7.11 Å². The van der Waals surface area contributed by atoms with E-state index in [0.29, 0.717) is 6.29 Å². The molecule has 0 heterocycles. The molecule has 0 saturated heterocycles. The lowest BCUT2D eigenvalue weighted by Crippen LogP contribution is -2.11. The second-order valence-corrected chi connectivity index (χ2v) is 5.89. The molecule has 0 aliphatic rings. The molecule has 0 aliphatic heterocycles. The molecule has 5 nitrogen and oxygen atoms in total. The smallest absolute Gasteiger partial charge is 0.339 e. The van der Waals surface area contributed by atoms with E-state index in [1.54, 1.807) is 24.3 Å². The molecule has 0 amide bonds. The normalized spacial score (nSPS) is 11.0. The zero-order chi connectivity index (χ0) is 15.5. The van der Waals surface area contributed by atoms with Gasteiger partial charge in [-0.15, -0.1) is 0 Å². The molecule has 2 rings (SSSR count). The van der Waals surface area contributed by atoms with Crippen molar-refractivity contribution in [1.82, 2.24) is 0 Å². The number of hydrogen-bond acceptors (Lipinski definition) is 5. The van der Waals surface area contributed by atoms with E-state index < -0.39 is 10.1 Å². The lowest BCUT2D eigenvalue weighted by atomic mass is 10.2. The molecule has 0 radical (unpaired) electrons. The van der Waals surface area contributed by atoms with Crippen molar-refractivity contribution in [1.29, 1.82) is 0 Å². The number of aryl methyl sites for hydroxylation is 1. The van der Waals surface area contributed by atoms with Gasteiger partial charge in [0.1, 0.15) is 16.2 Å². The Morgan fingerprint density at radius 3 is 2.19 bits per heavy atom. The molecule has 2 aromatic carbocycles. The Hall–Kier alpha value is -2.34. The Labute approximate surface area is 123 Å². The van der Waals surface area contributed by atoms with Crippen molar-refractivity contribution < 1.29 is 22.1 Å². The maximum Gasteiger partial charge on any atom is 0.339 e. The van der Waals surface area contributed by atoms with E-state index >= 15 is 0 Å². The number of rotatable bonds is 5. The van der Waals surface area contributed by atoms with E-state index in [4.69, 9.17) is 8.92 Å². The number of aldehydes is 1. The molecule has 0 atom stereocenters. The van der Waals surface area contributed by atoms with Gasteiger partial charge in [-0.05, 0) is 31.2 Å². The summed E-state index contributed by atoms with van der Waals surface area (Å²) in [4.78, 5) is 11.1. The van der Waals surface area contributed by atoms with Crippen LogP contribution >= 0.6 is 0 Å². The van der Waals surface area contributed by atoms with Gasteiger partial charge in [0.05, 0.1) is 7.11 Å². The highest BCUT2D eigenvalue weighted by Gasteiger charge is 2.20. The van der Waals surface area contributed by atoms with Crippen molar-refractivity contribution in [2.45, 2.75) is 11.8 Å². The summed E-state index contributed by atoms with van der Waals surface area (Å²) in [5.74, 6) is 0.187. The number of carbonyl (C=O) groups excluding carboxylic acids is 1. The first-order chi connectivity index (χ1) is 9.97. The highest BCUT2D eigenvalue weighted by molar-refractivity contribution is 7.87. The van der Waals surface area contributed by atoms with Crippen LogP contribution in [0.3, 0.4) is 0 Å². The van der Waals surface area contributed by atoms with Gasteiger partial charge in [0.15, 0.2) is 12.0 Å². The summed E-state index contributed by atoms with van der Waals surface area (Å²) in [5.41, 5.74) is 0.986. The van der Waals surface area contributed by atoms with Crippen LogP contribution in [0.1, 0.15) is 15.9 Å². The van der Waals surface area contributed by atoms with Gasteiger partial charge in [0.2, 0.25) is 0 Å². The molecule has 0 aliphatic carbocycles. The standard InChI is InChI=1S/C15H14O5S/c1-11-6-8-12(9-7-11)21(17,18)20-15-5-3-4-14(19-2)13(15)10-16/h3-10H,1-2H3. The van der Waals surface area contributed by atoms with Crippen molar-refractivity contribution >= 4 is 16.4 Å². The van der Waals surface area contributed by atoms with E-state index in [9.17, 15) is 13.2 Å². The van der Waals surface area contributed by atoms with Gasteiger partial charge >= 0.3 is 10.1 Å². The summed E-state index contributed by atoms with van der Waals surface area (Å²) in [6.45, 7) is 1.85. The first-order valence-corrected chi connectivity index (χ1v) is 7.52. The van der Waals surface area contributed by atoms with Crippen molar-refractivity contribution in [3.63, 3.8) is 0 Å². The third kappa shape index (κ3) is 3.22. The molecule has 0 N–H and O–H groups in total. The van der Waals surface area contributed by atoms with E-state index in [0.717, 1.165) is 5.56 Å². The average molecular weight is 306 g/mol. The largest absolute Gasteiger partial charge is 0.496 e. The summed E-state index contributed by atoms with van der Waals surface area (Å²) < 4.78 is 34.5. The second kappa shape index (κ2) is 5.97. The predicted octanol–water partition coefficient (Wildman–Crippen LogP) is 2.58. The van der Waals surface area contributed by atoms with Crippen LogP contribution in [0.4, 0.5) is 0 Å². The average Bonchev–Trinajstić information content (AvgIpc) is 2.47. The van der Waals surface area contributed by atoms with E-state index in [1.165, 1.54) is 25.3 Å². The highest BCUT2D eigenvalue weighted by atomic mass is 32.2. The molecule has 0 aromatic heterocycles. The third-order valence-electron chi connectivity index (χ3n) is 2.87. The molecule has 0 bridgehead atoms. The first kappa shape index (κ1) is 15.1. The number of methoxy groups -OCH3 is 1. The minimum absolute atomic E-state index is 0.0211. The first-order valence-electron chi connectivity index (χ1n) is 6.11. The van der Waals surface area contributed by atoms with Gasteiger partial charge in [-0.2, -0.15) is 8.42 Å². The van der Waals surface area contributed by atoms with Crippen LogP contribution in [-0.2, 0) is 10.1 Å². The zero-order valence-electron chi connectivity index (χ0n) is 11.6. The number of carbonyl (C=O) groups is 1. The Balaban J connectivity index is 2.41. The Bertz CT molecular complexity index is 748. The molecule has 0 spiro atoms. The summed E-state index contributed by atoms with van der Waals surface area (Å²) in [6, 6.07) is 10.7. The summed E-state index contributed by atoms with van der Waals surface area (Å²) >= 11 is 0. The van der Waals surface area contributed by atoms with Gasteiger partial charge in [-0.25, -0.2) is 0 Å². The summed E-state index contributed by atoms with van der Waals surface area (Å²) in [5, 5.41) is 0. The van der Waals surface area contributed by atoms with E-state index in [-0.39, 0.29) is 22.0 Å². The van der Waals surface area contributed by atoms with Gasteiger partial charge in [0.25, 0.3) is 0 Å². The van der Waals surface area contributed by atoms with Crippen LogP contribution in [0.15, 0.2) is 47.4 Å². The zero-order valence-corrected chi connectivity index (χ0v) is 12.4. The number of ether oxygens (including phenoxy) is 1. The molecule has 21 heavy (non-hydrogen) atoms. The minimum Gasteiger partial charge on any atom is -0.496 e. The molecular weight excluding hydrogens is 292 g/mol. The fourth-order valence-electron chi connectivity index (χ4n) is 1.76. The van der Waals surface area contributed by atoms with Gasteiger partial charge in [-0.3, -0.25) is 4.79 Å². The van der Waals surface area contributed by atoms with Crippen LogP contribution in [0.25, 0.3) is 0 Å². The minimum atomic E-state index is -4.00. The monoisotopic (exact) mass is 306 g/mol. The SMILES string of the molecule is COc1cccc(OS(=O)(=O)c2ccc(C)cc2)c1C=O. The van der Waals surface area contributed by atoms with Gasteiger partial charge < -0.3 is 8.92 Å².